The number of benzene rings is 2. The molecule has 0 radical (unpaired) electrons. The molecule has 1 nitrogen and oxygen atoms in total. The van der Waals surface area contributed by atoms with Crippen LogP contribution in [0.5, 0.6) is 5.75 Å². The molecule has 0 aromatic heterocycles. The topological polar surface area (TPSA) is 20.2 Å². The minimum absolute atomic E-state index is 0.223. The third-order valence-corrected chi connectivity index (χ3v) is 8.46. The molecular formula is C36H58O. The average molecular weight is 507 g/mol. The Labute approximate surface area is 230 Å². The molecule has 1 atom stereocenters. The van der Waals surface area contributed by atoms with Crippen molar-refractivity contribution in [3.8, 4) is 5.75 Å². The number of unbranched alkanes of at least 4 members (excludes halogenated alkanes) is 14. The van der Waals surface area contributed by atoms with Crippen molar-refractivity contribution in [1.82, 2.24) is 0 Å². The number of rotatable bonds is 21. The van der Waals surface area contributed by atoms with Gasteiger partial charge < -0.3 is 5.11 Å². The Morgan fingerprint density at radius 1 is 0.541 bits per heavy atom. The van der Waals surface area contributed by atoms with Crippen molar-refractivity contribution in [1.29, 1.82) is 0 Å². The molecule has 0 amide bonds. The monoisotopic (exact) mass is 506 g/mol. The summed E-state index contributed by atoms with van der Waals surface area (Å²) in [5.41, 5.74) is 3.71. The quantitative estimate of drug-likeness (QED) is 0.167. The first kappa shape index (κ1) is 31.5. The summed E-state index contributed by atoms with van der Waals surface area (Å²) in [6.45, 7) is 9.16. The fourth-order valence-corrected chi connectivity index (χ4v) is 6.07. The van der Waals surface area contributed by atoms with Crippen LogP contribution in [0, 0.1) is 0 Å². The van der Waals surface area contributed by atoms with Crippen LogP contribution in [-0.2, 0) is 5.41 Å². The molecule has 37 heavy (non-hydrogen) atoms. The Morgan fingerprint density at radius 2 is 0.946 bits per heavy atom. The third kappa shape index (κ3) is 11.3. The zero-order chi connectivity index (χ0) is 26.8. The summed E-state index contributed by atoms with van der Waals surface area (Å²) >= 11 is 0. The molecule has 0 fully saturated rings. The Balaban J connectivity index is 2.05. The van der Waals surface area contributed by atoms with Crippen LogP contribution in [0.2, 0.25) is 0 Å². The first-order chi connectivity index (χ1) is 18.0. The minimum atomic E-state index is -0.223. The second-order valence-electron chi connectivity index (χ2n) is 12.0. The molecule has 0 spiro atoms. The fourth-order valence-electron chi connectivity index (χ4n) is 6.07. The van der Waals surface area contributed by atoms with E-state index in [0.29, 0.717) is 11.7 Å². The van der Waals surface area contributed by atoms with E-state index in [4.69, 9.17) is 0 Å². The lowest BCUT2D eigenvalue weighted by atomic mass is 9.72. The highest BCUT2D eigenvalue weighted by Gasteiger charge is 2.30. The van der Waals surface area contributed by atoms with Crippen LogP contribution in [0.3, 0.4) is 0 Å². The van der Waals surface area contributed by atoms with Gasteiger partial charge in [-0.3, -0.25) is 0 Å². The number of para-hydroxylation sites is 1. The van der Waals surface area contributed by atoms with Crippen LogP contribution in [0.1, 0.15) is 166 Å². The molecular weight excluding hydrogens is 448 g/mol. The maximum Gasteiger partial charge on any atom is 0.119 e. The van der Waals surface area contributed by atoms with Crippen molar-refractivity contribution in [3.63, 3.8) is 0 Å². The summed E-state index contributed by atoms with van der Waals surface area (Å²) < 4.78 is 0. The molecule has 0 aliphatic rings. The molecule has 1 unspecified atom stereocenters. The normalized spacial score (nSPS) is 12.6. The van der Waals surface area contributed by atoms with Gasteiger partial charge in [0.25, 0.3) is 0 Å². The molecule has 0 aliphatic carbocycles. The Hall–Kier alpha value is -1.76. The fraction of sp³-hybridized carbons (Fsp3) is 0.667. The lowest BCUT2D eigenvalue weighted by Crippen LogP contribution is -2.22. The molecule has 1 N–H and O–H groups in total. The van der Waals surface area contributed by atoms with Gasteiger partial charge in [0.1, 0.15) is 5.75 Å². The molecule has 2 rings (SSSR count). The maximum absolute atomic E-state index is 10.7. The van der Waals surface area contributed by atoms with E-state index in [1.807, 2.05) is 12.1 Å². The summed E-state index contributed by atoms with van der Waals surface area (Å²) in [6, 6.07) is 17.0. The first-order valence-corrected chi connectivity index (χ1v) is 15.9. The summed E-state index contributed by atoms with van der Waals surface area (Å²) in [7, 11) is 0. The van der Waals surface area contributed by atoms with Gasteiger partial charge in [-0.05, 0) is 36.0 Å². The lowest BCUT2D eigenvalue weighted by Gasteiger charge is -2.32. The zero-order valence-corrected chi connectivity index (χ0v) is 24.9. The minimum Gasteiger partial charge on any atom is -0.508 e. The Morgan fingerprint density at radius 3 is 1.43 bits per heavy atom. The summed E-state index contributed by atoms with van der Waals surface area (Å²) in [5.74, 6) is 1.02. The number of hydrogen-bond acceptors (Lipinski definition) is 1. The van der Waals surface area contributed by atoms with Gasteiger partial charge in [-0.15, -0.1) is 0 Å². The third-order valence-electron chi connectivity index (χ3n) is 8.46. The van der Waals surface area contributed by atoms with Crippen LogP contribution < -0.4 is 0 Å². The van der Waals surface area contributed by atoms with Gasteiger partial charge in [0, 0.05) is 11.0 Å². The molecule has 208 valence electrons. The first-order valence-electron chi connectivity index (χ1n) is 15.9. The van der Waals surface area contributed by atoms with Crippen LogP contribution >= 0.6 is 0 Å². The van der Waals surface area contributed by atoms with Gasteiger partial charge in [0.05, 0.1) is 0 Å². The summed E-state index contributed by atoms with van der Waals surface area (Å²) in [4.78, 5) is 0. The molecule has 0 bridgehead atoms. The highest BCUT2D eigenvalue weighted by atomic mass is 16.3. The molecule has 1 heteroatoms. The van der Waals surface area contributed by atoms with Crippen LogP contribution in [0.15, 0.2) is 48.5 Å². The largest absolute Gasteiger partial charge is 0.508 e. The maximum atomic E-state index is 10.7. The van der Waals surface area contributed by atoms with Crippen molar-refractivity contribution in [2.45, 2.75) is 155 Å². The van der Waals surface area contributed by atoms with Crippen molar-refractivity contribution in [2.24, 2.45) is 0 Å². The number of phenols is 1. The van der Waals surface area contributed by atoms with Crippen LogP contribution in [0.4, 0.5) is 0 Å². The van der Waals surface area contributed by atoms with Gasteiger partial charge in [0.2, 0.25) is 0 Å². The van der Waals surface area contributed by atoms with Crippen molar-refractivity contribution < 1.29 is 5.11 Å². The standard InChI is InChI=1S/C36H58O/c1-5-7-9-11-13-14-16-18-20-26-31(25-19-17-15-12-10-8-6-2)32-27-21-22-28-33(32)36(3,4)34-29-23-24-30-35(34)37/h21-24,27-31,37H,5-20,25-26H2,1-4H3. The molecule has 0 saturated carbocycles. The van der Waals surface area contributed by atoms with E-state index in [2.05, 4.69) is 64.1 Å². The van der Waals surface area contributed by atoms with Crippen molar-refractivity contribution >= 4 is 0 Å². The number of phenolic OH excluding ortho intramolecular Hbond substituents is 1. The van der Waals surface area contributed by atoms with E-state index in [9.17, 15) is 5.11 Å². The number of aromatic hydroxyl groups is 1. The number of hydrogen-bond donors (Lipinski definition) is 1. The highest BCUT2D eigenvalue weighted by Crippen LogP contribution is 2.42. The van der Waals surface area contributed by atoms with Crippen LogP contribution in [-0.4, -0.2) is 5.11 Å². The average Bonchev–Trinajstić information content (AvgIpc) is 2.90. The second-order valence-corrected chi connectivity index (χ2v) is 12.0. The second kappa shape index (κ2) is 18.5. The smallest absolute Gasteiger partial charge is 0.119 e. The van der Waals surface area contributed by atoms with Crippen molar-refractivity contribution in [3.05, 3.63) is 65.2 Å². The summed E-state index contributed by atoms with van der Waals surface area (Å²) in [6.07, 6.45) is 24.7. The van der Waals surface area contributed by atoms with Gasteiger partial charge >= 0.3 is 0 Å². The van der Waals surface area contributed by atoms with Crippen LogP contribution in [0.25, 0.3) is 0 Å². The summed E-state index contributed by atoms with van der Waals surface area (Å²) in [5, 5.41) is 10.7. The van der Waals surface area contributed by atoms with E-state index in [-0.39, 0.29) is 5.41 Å². The molecule has 0 aliphatic heterocycles. The molecule has 0 saturated heterocycles. The molecule has 0 heterocycles. The zero-order valence-electron chi connectivity index (χ0n) is 24.9. The SMILES string of the molecule is CCCCCCCCCCCC(CCCCCCCCC)c1ccccc1C(C)(C)c1ccccc1O. The lowest BCUT2D eigenvalue weighted by molar-refractivity contribution is 0.448. The van der Waals surface area contributed by atoms with Gasteiger partial charge in [-0.25, -0.2) is 0 Å². The van der Waals surface area contributed by atoms with E-state index >= 15 is 0 Å². The molecule has 2 aromatic rings. The van der Waals surface area contributed by atoms with Gasteiger partial charge in [-0.2, -0.15) is 0 Å². The predicted molar refractivity (Wildman–Crippen MR) is 164 cm³/mol. The predicted octanol–water partition coefficient (Wildman–Crippen LogP) is 11.9. The van der Waals surface area contributed by atoms with Crippen molar-refractivity contribution in [2.75, 3.05) is 0 Å². The Kier molecular flexibility index (Phi) is 15.7. The van der Waals surface area contributed by atoms with E-state index < -0.39 is 0 Å². The van der Waals surface area contributed by atoms with E-state index in [1.54, 1.807) is 0 Å². The Bertz CT molecular complexity index is 836. The highest BCUT2D eigenvalue weighted by molar-refractivity contribution is 5.48. The van der Waals surface area contributed by atoms with E-state index in [1.165, 1.54) is 127 Å². The van der Waals surface area contributed by atoms with Gasteiger partial charge in [-0.1, -0.05) is 173 Å². The van der Waals surface area contributed by atoms with E-state index in [0.717, 1.165) is 5.56 Å². The van der Waals surface area contributed by atoms with Gasteiger partial charge in [0.15, 0.2) is 0 Å². The molecule has 2 aromatic carbocycles.